The minimum atomic E-state index is -0.163. The second-order valence-electron chi connectivity index (χ2n) is 3.44. The van der Waals surface area contributed by atoms with Crippen LogP contribution in [0.25, 0.3) is 11.0 Å². The number of aliphatic hydroxyl groups is 1. The van der Waals surface area contributed by atoms with Crippen molar-refractivity contribution in [3.8, 4) is 0 Å². The maximum absolute atomic E-state index is 11.5. The molecular weight excluding hydrogens is 194 g/mol. The van der Waals surface area contributed by atoms with E-state index in [-0.39, 0.29) is 12.3 Å². The molecule has 0 fully saturated rings. The van der Waals surface area contributed by atoms with Crippen LogP contribution in [-0.4, -0.2) is 21.3 Å². The summed E-state index contributed by atoms with van der Waals surface area (Å²) in [5, 5.41) is 8.73. The lowest BCUT2D eigenvalue weighted by Gasteiger charge is -2.01. The average Bonchev–Trinajstić information content (AvgIpc) is 2.51. The first-order valence-electron chi connectivity index (χ1n) is 4.81. The lowest BCUT2D eigenvalue weighted by atomic mass is 10.3. The Labute approximate surface area is 86.1 Å². The molecule has 5 heteroatoms. The molecule has 15 heavy (non-hydrogen) atoms. The average molecular weight is 207 g/mol. The Hall–Kier alpha value is -1.75. The molecule has 2 aromatic rings. The van der Waals surface area contributed by atoms with Gasteiger partial charge in [0.1, 0.15) is 0 Å². The Kier molecular flexibility index (Phi) is 2.47. The fourth-order valence-corrected chi connectivity index (χ4v) is 1.62. The Morgan fingerprint density at radius 3 is 3.00 bits per heavy atom. The summed E-state index contributed by atoms with van der Waals surface area (Å²) in [7, 11) is 0. The minimum absolute atomic E-state index is 0.0709. The summed E-state index contributed by atoms with van der Waals surface area (Å²) in [5.74, 6) is 0. The van der Waals surface area contributed by atoms with Gasteiger partial charge >= 0.3 is 5.69 Å². The van der Waals surface area contributed by atoms with E-state index in [1.54, 1.807) is 22.8 Å². The molecule has 0 amide bonds. The lowest BCUT2D eigenvalue weighted by Crippen LogP contribution is -2.17. The third-order valence-corrected chi connectivity index (χ3v) is 2.34. The normalized spacial score (nSPS) is 11.0. The molecule has 0 aliphatic rings. The number of fused-ring (bicyclic) bond motifs is 1. The number of nitrogen functional groups attached to an aromatic ring is 1. The molecule has 0 bridgehead atoms. The first kappa shape index (κ1) is 9.79. The van der Waals surface area contributed by atoms with Crippen LogP contribution < -0.4 is 11.4 Å². The van der Waals surface area contributed by atoms with E-state index in [0.717, 1.165) is 11.0 Å². The van der Waals surface area contributed by atoms with Crippen molar-refractivity contribution < 1.29 is 5.11 Å². The van der Waals surface area contributed by atoms with E-state index in [4.69, 9.17) is 10.8 Å². The van der Waals surface area contributed by atoms with Crippen molar-refractivity contribution in [3.05, 3.63) is 28.7 Å². The summed E-state index contributed by atoms with van der Waals surface area (Å²) < 4.78 is 1.59. The van der Waals surface area contributed by atoms with Crippen LogP contribution >= 0.6 is 0 Å². The SMILES string of the molecule is Nc1ccc2[nH]c(=O)n(CCCO)c2c1. The molecule has 80 valence electrons. The van der Waals surface area contributed by atoms with E-state index in [9.17, 15) is 4.79 Å². The number of imidazole rings is 1. The van der Waals surface area contributed by atoms with Crippen molar-refractivity contribution in [1.82, 2.24) is 9.55 Å². The van der Waals surface area contributed by atoms with Gasteiger partial charge in [-0.1, -0.05) is 0 Å². The number of rotatable bonds is 3. The van der Waals surface area contributed by atoms with Gasteiger partial charge in [-0.2, -0.15) is 0 Å². The monoisotopic (exact) mass is 207 g/mol. The molecule has 0 radical (unpaired) electrons. The molecule has 1 aromatic heterocycles. The molecular formula is C10H13N3O2. The second-order valence-corrected chi connectivity index (χ2v) is 3.44. The van der Waals surface area contributed by atoms with Crippen molar-refractivity contribution >= 4 is 16.7 Å². The highest BCUT2D eigenvalue weighted by atomic mass is 16.3. The molecule has 1 aromatic carbocycles. The molecule has 2 rings (SSSR count). The molecule has 0 saturated carbocycles. The number of nitrogens with two attached hydrogens (primary N) is 1. The summed E-state index contributed by atoms with van der Waals surface area (Å²) in [4.78, 5) is 14.3. The molecule has 0 aliphatic heterocycles. The second kappa shape index (κ2) is 3.78. The van der Waals surface area contributed by atoms with Crippen LogP contribution in [0.2, 0.25) is 0 Å². The molecule has 0 saturated heterocycles. The van der Waals surface area contributed by atoms with Crippen molar-refractivity contribution in [2.75, 3.05) is 12.3 Å². The van der Waals surface area contributed by atoms with Crippen LogP contribution in [0.5, 0.6) is 0 Å². The maximum atomic E-state index is 11.5. The van der Waals surface area contributed by atoms with E-state index >= 15 is 0 Å². The van der Waals surface area contributed by atoms with Crippen molar-refractivity contribution in [1.29, 1.82) is 0 Å². The number of aromatic amines is 1. The standard InChI is InChI=1S/C10H13N3O2/c11-7-2-3-8-9(6-7)13(4-1-5-14)10(15)12-8/h2-3,6,14H,1,4-5,11H2,(H,12,15). The smallest absolute Gasteiger partial charge is 0.326 e. The highest BCUT2D eigenvalue weighted by Gasteiger charge is 2.05. The molecule has 0 aliphatic carbocycles. The van der Waals surface area contributed by atoms with Crippen molar-refractivity contribution in [2.45, 2.75) is 13.0 Å². The number of hydrogen-bond acceptors (Lipinski definition) is 3. The molecule has 0 unspecified atom stereocenters. The van der Waals surface area contributed by atoms with Crippen LogP contribution in [0.1, 0.15) is 6.42 Å². The number of aromatic nitrogens is 2. The first-order chi connectivity index (χ1) is 7.22. The van der Waals surface area contributed by atoms with E-state index < -0.39 is 0 Å². The zero-order chi connectivity index (χ0) is 10.8. The number of H-pyrrole nitrogens is 1. The summed E-state index contributed by atoms with van der Waals surface area (Å²) in [5.41, 5.74) is 7.67. The summed E-state index contributed by atoms with van der Waals surface area (Å²) in [6.07, 6.45) is 0.557. The fraction of sp³-hybridized carbons (Fsp3) is 0.300. The van der Waals surface area contributed by atoms with E-state index in [2.05, 4.69) is 4.98 Å². The van der Waals surface area contributed by atoms with Crippen LogP contribution in [0, 0.1) is 0 Å². The quantitative estimate of drug-likeness (QED) is 0.633. The number of hydrogen-bond donors (Lipinski definition) is 3. The molecule has 0 spiro atoms. The lowest BCUT2D eigenvalue weighted by molar-refractivity contribution is 0.280. The number of nitrogens with one attached hydrogen (secondary N) is 1. The van der Waals surface area contributed by atoms with E-state index in [1.807, 2.05) is 0 Å². The maximum Gasteiger partial charge on any atom is 0.326 e. The van der Waals surface area contributed by atoms with Gasteiger partial charge in [-0.05, 0) is 24.6 Å². The molecule has 0 atom stereocenters. The van der Waals surface area contributed by atoms with Crippen molar-refractivity contribution in [2.24, 2.45) is 0 Å². The van der Waals surface area contributed by atoms with Crippen LogP contribution in [0.15, 0.2) is 23.0 Å². The van der Waals surface area contributed by atoms with Gasteiger partial charge in [0.2, 0.25) is 0 Å². The number of aliphatic hydroxyl groups excluding tert-OH is 1. The molecule has 4 N–H and O–H groups in total. The Morgan fingerprint density at radius 2 is 2.27 bits per heavy atom. The Bertz CT molecular complexity index is 527. The van der Waals surface area contributed by atoms with Crippen molar-refractivity contribution in [3.63, 3.8) is 0 Å². The van der Waals surface area contributed by atoms with Gasteiger partial charge < -0.3 is 15.8 Å². The third kappa shape index (κ3) is 1.73. The number of anilines is 1. The van der Waals surface area contributed by atoms with Gasteiger partial charge in [0.25, 0.3) is 0 Å². The summed E-state index contributed by atoms with van der Waals surface area (Å²) in [6.45, 7) is 0.570. The molecule has 5 nitrogen and oxygen atoms in total. The van der Waals surface area contributed by atoms with Gasteiger partial charge in [-0.15, -0.1) is 0 Å². The molecule has 1 heterocycles. The number of benzene rings is 1. The van der Waals surface area contributed by atoms with Gasteiger partial charge in [0.15, 0.2) is 0 Å². The zero-order valence-electron chi connectivity index (χ0n) is 8.23. The Balaban J connectivity index is 2.55. The summed E-state index contributed by atoms with van der Waals surface area (Å²) >= 11 is 0. The first-order valence-corrected chi connectivity index (χ1v) is 4.81. The Morgan fingerprint density at radius 1 is 1.47 bits per heavy atom. The topological polar surface area (TPSA) is 84.0 Å². The van der Waals surface area contributed by atoms with E-state index in [0.29, 0.717) is 18.7 Å². The highest BCUT2D eigenvalue weighted by molar-refractivity contribution is 5.78. The number of nitrogens with zero attached hydrogens (tertiary/aromatic N) is 1. The van der Waals surface area contributed by atoms with E-state index in [1.165, 1.54) is 0 Å². The predicted molar refractivity (Wildman–Crippen MR) is 58.7 cm³/mol. The minimum Gasteiger partial charge on any atom is -0.399 e. The fourth-order valence-electron chi connectivity index (χ4n) is 1.62. The predicted octanol–water partition coefficient (Wildman–Crippen LogP) is 0.294. The van der Waals surface area contributed by atoms with Gasteiger partial charge in [-0.3, -0.25) is 4.57 Å². The third-order valence-electron chi connectivity index (χ3n) is 2.34. The van der Waals surface area contributed by atoms with Gasteiger partial charge in [0, 0.05) is 18.8 Å². The van der Waals surface area contributed by atoms with Gasteiger partial charge in [0.05, 0.1) is 11.0 Å². The summed E-state index contributed by atoms with van der Waals surface area (Å²) in [6, 6.07) is 5.28. The van der Waals surface area contributed by atoms with Gasteiger partial charge in [-0.25, -0.2) is 4.79 Å². The van der Waals surface area contributed by atoms with Crippen LogP contribution in [0.3, 0.4) is 0 Å². The largest absolute Gasteiger partial charge is 0.399 e. The highest BCUT2D eigenvalue weighted by Crippen LogP contribution is 2.14. The number of aryl methyl sites for hydroxylation is 1. The zero-order valence-corrected chi connectivity index (χ0v) is 8.23. The van der Waals surface area contributed by atoms with Crippen LogP contribution in [-0.2, 0) is 6.54 Å². The van der Waals surface area contributed by atoms with Crippen LogP contribution in [0.4, 0.5) is 5.69 Å².